The van der Waals surface area contributed by atoms with Gasteiger partial charge in [0.1, 0.15) is 10.6 Å². The fourth-order valence-corrected chi connectivity index (χ4v) is 5.47. The van der Waals surface area contributed by atoms with Gasteiger partial charge in [-0.2, -0.15) is 4.31 Å². The molecule has 132 valence electrons. The van der Waals surface area contributed by atoms with Crippen molar-refractivity contribution in [2.75, 3.05) is 26.7 Å². The van der Waals surface area contributed by atoms with Gasteiger partial charge in [0.05, 0.1) is 7.11 Å². The van der Waals surface area contributed by atoms with E-state index in [0.29, 0.717) is 16.8 Å². The SMILES string of the molecule is CCCN(C1CCNCC1)S(=O)(=O)c1cc(OC)ccc1Br.Cl. The molecule has 0 amide bonds. The quantitative estimate of drug-likeness (QED) is 0.758. The largest absolute Gasteiger partial charge is 0.497 e. The van der Waals surface area contributed by atoms with Crippen LogP contribution in [0.3, 0.4) is 0 Å². The predicted molar refractivity (Wildman–Crippen MR) is 98.0 cm³/mol. The predicted octanol–water partition coefficient (Wildman–Crippen LogP) is 3.03. The molecule has 1 saturated heterocycles. The summed E-state index contributed by atoms with van der Waals surface area (Å²) in [4.78, 5) is 0.277. The van der Waals surface area contributed by atoms with Crippen LogP contribution < -0.4 is 10.1 Å². The Bertz CT molecular complexity index is 607. The zero-order valence-corrected chi connectivity index (χ0v) is 16.6. The summed E-state index contributed by atoms with van der Waals surface area (Å²) in [6.45, 7) is 4.26. The number of ether oxygens (including phenoxy) is 1. The maximum atomic E-state index is 13.1. The van der Waals surface area contributed by atoms with E-state index in [-0.39, 0.29) is 23.3 Å². The lowest BCUT2D eigenvalue weighted by Gasteiger charge is -2.33. The second-order valence-corrected chi connectivity index (χ2v) is 8.11. The van der Waals surface area contributed by atoms with Crippen molar-refractivity contribution in [3.8, 4) is 5.75 Å². The number of piperidine rings is 1. The first-order chi connectivity index (χ1) is 10.5. The van der Waals surface area contributed by atoms with E-state index in [1.165, 1.54) is 7.11 Å². The number of nitrogens with one attached hydrogen (secondary N) is 1. The zero-order chi connectivity index (χ0) is 16.2. The van der Waals surface area contributed by atoms with Crippen LogP contribution in [0.1, 0.15) is 26.2 Å². The van der Waals surface area contributed by atoms with Gasteiger partial charge in [0.25, 0.3) is 0 Å². The summed E-state index contributed by atoms with van der Waals surface area (Å²) < 4.78 is 33.7. The Morgan fingerprint density at radius 1 is 1.35 bits per heavy atom. The van der Waals surface area contributed by atoms with Crippen molar-refractivity contribution in [3.05, 3.63) is 22.7 Å². The number of nitrogens with zero attached hydrogens (tertiary/aromatic N) is 1. The van der Waals surface area contributed by atoms with Gasteiger partial charge in [0.2, 0.25) is 10.0 Å². The van der Waals surface area contributed by atoms with Crippen LogP contribution in [0.5, 0.6) is 5.75 Å². The van der Waals surface area contributed by atoms with Crippen LogP contribution in [0.4, 0.5) is 0 Å². The fourth-order valence-electron chi connectivity index (χ4n) is 2.75. The molecular formula is C15H24BrClN2O3S. The van der Waals surface area contributed by atoms with Crippen LogP contribution in [0.25, 0.3) is 0 Å². The van der Waals surface area contributed by atoms with E-state index in [1.54, 1.807) is 22.5 Å². The smallest absolute Gasteiger partial charge is 0.244 e. The molecule has 1 fully saturated rings. The second kappa shape index (κ2) is 9.22. The molecular weight excluding hydrogens is 404 g/mol. The molecule has 0 aliphatic carbocycles. The van der Waals surface area contributed by atoms with Crippen molar-refractivity contribution in [1.29, 1.82) is 0 Å². The van der Waals surface area contributed by atoms with Crippen LogP contribution in [0.15, 0.2) is 27.6 Å². The van der Waals surface area contributed by atoms with E-state index >= 15 is 0 Å². The molecule has 0 bridgehead atoms. The lowest BCUT2D eigenvalue weighted by atomic mass is 10.1. The summed E-state index contributed by atoms with van der Waals surface area (Å²) in [6, 6.07) is 5.11. The van der Waals surface area contributed by atoms with Crippen LogP contribution in [0, 0.1) is 0 Å². The normalized spacial score (nSPS) is 16.2. The monoisotopic (exact) mass is 426 g/mol. The van der Waals surface area contributed by atoms with Crippen LogP contribution in [0.2, 0.25) is 0 Å². The summed E-state index contributed by atoms with van der Waals surface area (Å²) in [5, 5.41) is 3.28. The molecule has 0 spiro atoms. The van der Waals surface area contributed by atoms with Gasteiger partial charge in [-0.15, -0.1) is 12.4 Å². The van der Waals surface area contributed by atoms with Crippen molar-refractivity contribution in [1.82, 2.24) is 9.62 Å². The van der Waals surface area contributed by atoms with E-state index in [9.17, 15) is 8.42 Å². The molecule has 1 aromatic rings. The molecule has 1 aromatic carbocycles. The third-order valence-electron chi connectivity index (χ3n) is 3.88. The molecule has 0 saturated carbocycles. The van der Waals surface area contributed by atoms with Gasteiger partial charge in [-0.3, -0.25) is 0 Å². The Morgan fingerprint density at radius 3 is 2.57 bits per heavy atom. The van der Waals surface area contributed by atoms with E-state index in [0.717, 1.165) is 32.4 Å². The van der Waals surface area contributed by atoms with E-state index < -0.39 is 10.0 Å². The first-order valence-electron chi connectivity index (χ1n) is 7.56. The topological polar surface area (TPSA) is 58.6 Å². The number of sulfonamides is 1. The molecule has 5 nitrogen and oxygen atoms in total. The molecule has 1 heterocycles. The summed E-state index contributed by atoms with van der Waals surface area (Å²) in [6.07, 6.45) is 2.49. The summed E-state index contributed by atoms with van der Waals surface area (Å²) in [5.74, 6) is 0.545. The van der Waals surface area contributed by atoms with E-state index in [1.807, 2.05) is 6.92 Å². The number of benzene rings is 1. The number of halogens is 2. The average Bonchev–Trinajstić information content (AvgIpc) is 2.53. The van der Waals surface area contributed by atoms with Gasteiger partial charge < -0.3 is 10.1 Å². The first-order valence-corrected chi connectivity index (χ1v) is 9.80. The zero-order valence-electron chi connectivity index (χ0n) is 13.4. The number of hydrogen-bond acceptors (Lipinski definition) is 4. The maximum absolute atomic E-state index is 13.1. The second-order valence-electron chi connectivity index (χ2n) is 5.39. The highest BCUT2D eigenvalue weighted by atomic mass is 79.9. The minimum absolute atomic E-state index is 0. The van der Waals surface area contributed by atoms with Crippen LogP contribution in [-0.2, 0) is 10.0 Å². The van der Waals surface area contributed by atoms with E-state index in [4.69, 9.17) is 4.74 Å². The standard InChI is InChI=1S/C15H23BrN2O3S.ClH/c1-3-10-18(12-6-8-17-9-7-12)22(19,20)15-11-13(21-2)4-5-14(15)16;/h4-5,11-12,17H,3,6-10H2,1-2H3;1H. The minimum atomic E-state index is -3.55. The average molecular weight is 428 g/mol. The fraction of sp³-hybridized carbons (Fsp3) is 0.600. The molecule has 0 radical (unpaired) electrons. The van der Waals surface area contributed by atoms with Crippen molar-refractivity contribution in [2.45, 2.75) is 37.1 Å². The van der Waals surface area contributed by atoms with Gasteiger partial charge in [-0.05, 0) is 60.4 Å². The lowest BCUT2D eigenvalue weighted by Crippen LogP contribution is -2.46. The van der Waals surface area contributed by atoms with Crippen molar-refractivity contribution >= 4 is 38.4 Å². The molecule has 1 aliphatic heterocycles. The molecule has 8 heteroatoms. The Hall–Kier alpha value is -0.340. The maximum Gasteiger partial charge on any atom is 0.244 e. The van der Waals surface area contributed by atoms with Crippen molar-refractivity contribution in [2.24, 2.45) is 0 Å². The van der Waals surface area contributed by atoms with Crippen LogP contribution >= 0.6 is 28.3 Å². The number of methoxy groups -OCH3 is 1. The highest BCUT2D eigenvalue weighted by molar-refractivity contribution is 9.10. The molecule has 2 rings (SSSR count). The van der Waals surface area contributed by atoms with Crippen molar-refractivity contribution < 1.29 is 13.2 Å². The van der Waals surface area contributed by atoms with Gasteiger partial charge in [-0.25, -0.2) is 8.42 Å². The first kappa shape index (κ1) is 20.7. The Morgan fingerprint density at radius 2 is 2.00 bits per heavy atom. The highest BCUT2D eigenvalue weighted by Crippen LogP contribution is 2.31. The molecule has 0 unspecified atom stereocenters. The van der Waals surface area contributed by atoms with Gasteiger partial charge in [-0.1, -0.05) is 6.92 Å². The third-order valence-corrected chi connectivity index (χ3v) is 6.83. The van der Waals surface area contributed by atoms with Gasteiger partial charge in [0.15, 0.2) is 0 Å². The summed E-state index contributed by atoms with van der Waals surface area (Å²) in [5.41, 5.74) is 0. The third kappa shape index (κ3) is 4.82. The summed E-state index contributed by atoms with van der Waals surface area (Å²) in [7, 11) is -2.01. The Labute approximate surface area is 153 Å². The van der Waals surface area contributed by atoms with Gasteiger partial charge in [0, 0.05) is 23.1 Å². The molecule has 0 aromatic heterocycles. The van der Waals surface area contributed by atoms with E-state index in [2.05, 4.69) is 21.2 Å². The Kier molecular flexibility index (Phi) is 8.30. The van der Waals surface area contributed by atoms with Crippen LogP contribution in [-0.4, -0.2) is 45.5 Å². The summed E-state index contributed by atoms with van der Waals surface area (Å²) >= 11 is 3.37. The van der Waals surface area contributed by atoms with Crippen molar-refractivity contribution in [3.63, 3.8) is 0 Å². The molecule has 1 aliphatic rings. The molecule has 23 heavy (non-hydrogen) atoms. The molecule has 1 N–H and O–H groups in total. The lowest BCUT2D eigenvalue weighted by molar-refractivity contribution is 0.262. The Balaban J connectivity index is 0.00000264. The number of rotatable bonds is 6. The highest BCUT2D eigenvalue weighted by Gasteiger charge is 2.33. The van der Waals surface area contributed by atoms with Gasteiger partial charge >= 0.3 is 0 Å². The number of hydrogen-bond donors (Lipinski definition) is 1. The minimum Gasteiger partial charge on any atom is -0.497 e. The molecule has 0 atom stereocenters.